The van der Waals surface area contributed by atoms with Gasteiger partial charge >= 0.3 is 0 Å². The van der Waals surface area contributed by atoms with E-state index in [4.69, 9.17) is 5.26 Å². The largest absolute Gasteiger partial charge is 0.337 e. The zero-order valence-corrected chi connectivity index (χ0v) is 18.1. The maximum absolute atomic E-state index is 13.3. The number of nitrogens with zero attached hydrogens (tertiary/aromatic N) is 8. The van der Waals surface area contributed by atoms with Gasteiger partial charge in [-0.2, -0.15) is 9.94 Å². The fourth-order valence-electron chi connectivity index (χ4n) is 3.94. The van der Waals surface area contributed by atoms with Gasteiger partial charge in [-0.3, -0.25) is 9.69 Å². The first-order valence-electron chi connectivity index (χ1n) is 10.7. The Morgan fingerprint density at radius 3 is 2.38 bits per heavy atom. The van der Waals surface area contributed by atoms with Crippen LogP contribution in [0.5, 0.6) is 0 Å². The highest BCUT2D eigenvalue weighted by molar-refractivity contribution is 5.97. The Morgan fingerprint density at radius 1 is 1.06 bits per heavy atom. The van der Waals surface area contributed by atoms with Crippen molar-refractivity contribution in [3.63, 3.8) is 0 Å². The van der Waals surface area contributed by atoms with Gasteiger partial charge in [-0.25, -0.2) is 0 Å². The van der Waals surface area contributed by atoms with Crippen LogP contribution in [0.3, 0.4) is 0 Å². The number of rotatable bonds is 7. The van der Waals surface area contributed by atoms with Gasteiger partial charge in [-0.15, -0.1) is 0 Å². The fourth-order valence-corrected chi connectivity index (χ4v) is 3.94. The van der Waals surface area contributed by atoms with E-state index in [9.17, 15) is 4.79 Å². The number of nitriles is 1. The summed E-state index contributed by atoms with van der Waals surface area (Å²) in [7, 11) is 0. The van der Waals surface area contributed by atoms with E-state index < -0.39 is 0 Å². The molecule has 1 aliphatic heterocycles. The van der Waals surface area contributed by atoms with E-state index in [0.29, 0.717) is 32.0 Å². The molecule has 2 heterocycles. The summed E-state index contributed by atoms with van der Waals surface area (Å²) >= 11 is 0. The van der Waals surface area contributed by atoms with E-state index in [2.05, 4.69) is 31.4 Å². The Bertz CT molecular complexity index is 1050. The molecule has 0 radical (unpaired) electrons. The minimum atomic E-state index is -0.291. The Labute approximate surface area is 187 Å². The monoisotopic (exact) mass is 430 g/mol. The number of anilines is 2. The third kappa shape index (κ3) is 4.60. The second-order valence-corrected chi connectivity index (χ2v) is 7.66. The number of hydrogen-bond donors (Lipinski definition) is 0. The van der Waals surface area contributed by atoms with Crippen LogP contribution in [0.2, 0.25) is 0 Å². The number of hydrogen-bond acceptors (Lipinski definition) is 7. The van der Waals surface area contributed by atoms with Gasteiger partial charge in [0.15, 0.2) is 0 Å². The van der Waals surface area contributed by atoms with Crippen molar-refractivity contribution < 1.29 is 4.79 Å². The molecule has 0 saturated carbocycles. The van der Waals surface area contributed by atoms with E-state index in [0.717, 1.165) is 24.5 Å². The Kier molecular flexibility index (Phi) is 6.72. The van der Waals surface area contributed by atoms with Gasteiger partial charge in [-0.05, 0) is 41.6 Å². The van der Waals surface area contributed by atoms with Crippen LogP contribution in [0.4, 0.5) is 11.6 Å². The topological polar surface area (TPSA) is 94.2 Å². The quantitative estimate of drug-likeness (QED) is 0.567. The van der Waals surface area contributed by atoms with E-state index in [1.165, 1.54) is 0 Å². The highest BCUT2D eigenvalue weighted by Gasteiger charge is 2.30. The predicted molar refractivity (Wildman–Crippen MR) is 121 cm³/mol. The van der Waals surface area contributed by atoms with Crippen molar-refractivity contribution in [2.45, 2.75) is 19.4 Å². The highest BCUT2D eigenvalue weighted by Crippen LogP contribution is 2.20. The van der Waals surface area contributed by atoms with Crippen molar-refractivity contribution in [1.29, 1.82) is 5.26 Å². The first kappa shape index (κ1) is 21.5. The van der Waals surface area contributed by atoms with E-state index >= 15 is 0 Å². The Hall–Kier alpha value is -3.77. The van der Waals surface area contributed by atoms with Crippen LogP contribution in [0.25, 0.3) is 5.69 Å². The summed E-state index contributed by atoms with van der Waals surface area (Å²) in [6.07, 6.45) is 0.295. The lowest BCUT2D eigenvalue weighted by Crippen LogP contribution is -2.55. The van der Waals surface area contributed by atoms with Gasteiger partial charge in [0.05, 0.1) is 24.2 Å². The third-order valence-corrected chi connectivity index (χ3v) is 5.74. The van der Waals surface area contributed by atoms with Gasteiger partial charge in [-0.1, -0.05) is 41.5 Å². The molecule has 0 spiro atoms. The molecule has 1 amide bonds. The molecule has 3 aromatic rings. The number of carbonyl (C=O) groups is 1. The number of amides is 1. The summed E-state index contributed by atoms with van der Waals surface area (Å²) in [6.45, 7) is 5.19. The highest BCUT2D eigenvalue weighted by atomic mass is 16.2. The summed E-state index contributed by atoms with van der Waals surface area (Å²) < 4.78 is 1.74. The molecular formula is C23H26N8O. The SMILES string of the molecule is CC(C(=O)N(CCC#N)c1ccccc1)N1CCN(c2nnnn2-c2ccccc2)CC1. The van der Waals surface area contributed by atoms with Crippen molar-refractivity contribution in [1.82, 2.24) is 25.1 Å². The second-order valence-electron chi connectivity index (χ2n) is 7.66. The van der Waals surface area contributed by atoms with Gasteiger partial charge < -0.3 is 9.80 Å². The van der Waals surface area contributed by atoms with Crippen LogP contribution in [0.15, 0.2) is 60.7 Å². The molecular weight excluding hydrogens is 404 g/mol. The number of piperazine rings is 1. The molecule has 0 N–H and O–H groups in total. The Morgan fingerprint density at radius 2 is 1.72 bits per heavy atom. The standard InChI is InChI=1S/C23H26N8O/c1-19(22(32)30(14-8-13-24)20-9-4-2-5-10-20)28-15-17-29(18-16-28)23-25-26-27-31(23)21-11-6-3-7-12-21/h2-7,9-12,19H,8,14-18H2,1H3. The molecule has 9 heteroatoms. The molecule has 32 heavy (non-hydrogen) atoms. The van der Waals surface area contributed by atoms with Gasteiger partial charge in [0.1, 0.15) is 0 Å². The van der Waals surface area contributed by atoms with Crippen molar-refractivity contribution in [2.75, 3.05) is 42.5 Å². The summed E-state index contributed by atoms with van der Waals surface area (Å²) in [6, 6.07) is 21.2. The molecule has 2 aromatic carbocycles. The zero-order chi connectivity index (χ0) is 22.3. The number of aromatic nitrogens is 4. The average molecular weight is 431 g/mol. The number of benzene rings is 2. The Balaban J connectivity index is 1.42. The van der Waals surface area contributed by atoms with Gasteiger partial charge in [0.2, 0.25) is 11.9 Å². The van der Waals surface area contributed by atoms with E-state index in [1.54, 1.807) is 9.58 Å². The first-order valence-corrected chi connectivity index (χ1v) is 10.7. The van der Waals surface area contributed by atoms with Crippen LogP contribution in [-0.4, -0.2) is 69.8 Å². The summed E-state index contributed by atoms with van der Waals surface area (Å²) in [4.78, 5) is 19.4. The average Bonchev–Trinajstić information content (AvgIpc) is 3.35. The molecule has 1 unspecified atom stereocenters. The van der Waals surface area contributed by atoms with Gasteiger partial charge in [0.25, 0.3) is 0 Å². The van der Waals surface area contributed by atoms with E-state index in [-0.39, 0.29) is 11.9 Å². The lowest BCUT2D eigenvalue weighted by atomic mass is 10.1. The number of carbonyl (C=O) groups excluding carboxylic acids is 1. The fraction of sp³-hybridized carbons (Fsp3) is 0.348. The summed E-state index contributed by atoms with van der Waals surface area (Å²) in [5.74, 6) is 0.712. The normalized spacial score (nSPS) is 15.2. The van der Waals surface area contributed by atoms with Crippen molar-refractivity contribution >= 4 is 17.5 Å². The molecule has 1 aromatic heterocycles. The molecule has 1 aliphatic rings. The maximum Gasteiger partial charge on any atom is 0.250 e. The molecule has 164 valence electrons. The summed E-state index contributed by atoms with van der Waals surface area (Å²) in [5, 5.41) is 21.3. The molecule has 0 aliphatic carbocycles. The zero-order valence-electron chi connectivity index (χ0n) is 18.1. The van der Waals surface area contributed by atoms with Crippen LogP contribution in [0, 0.1) is 11.3 Å². The molecule has 1 saturated heterocycles. The van der Waals surface area contributed by atoms with Crippen LogP contribution < -0.4 is 9.80 Å². The lowest BCUT2D eigenvalue weighted by Gasteiger charge is -2.39. The maximum atomic E-state index is 13.3. The number of para-hydroxylation sites is 2. The van der Waals surface area contributed by atoms with Crippen molar-refractivity contribution in [2.24, 2.45) is 0 Å². The van der Waals surface area contributed by atoms with Crippen LogP contribution >= 0.6 is 0 Å². The lowest BCUT2D eigenvalue weighted by molar-refractivity contribution is -0.123. The third-order valence-electron chi connectivity index (χ3n) is 5.74. The summed E-state index contributed by atoms with van der Waals surface area (Å²) in [5.41, 5.74) is 1.73. The van der Waals surface area contributed by atoms with Gasteiger partial charge in [0, 0.05) is 38.4 Å². The first-order chi connectivity index (χ1) is 15.7. The van der Waals surface area contributed by atoms with Crippen LogP contribution in [0.1, 0.15) is 13.3 Å². The van der Waals surface area contributed by atoms with Crippen LogP contribution in [-0.2, 0) is 4.79 Å². The molecule has 0 bridgehead atoms. The molecule has 1 atom stereocenters. The van der Waals surface area contributed by atoms with Crippen molar-refractivity contribution in [3.8, 4) is 11.8 Å². The molecule has 1 fully saturated rings. The second kappa shape index (κ2) is 10.0. The molecule has 9 nitrogen and oxygen atoms in total. The van der Waals surface area contributed by atoms with Crippen molar-refractivity contribution in [3.05, 3.63) is 60.7 Å². The predicted octanol–water partition coefficient (Wildman–Crippen LogP) is 2.12. The smallest absolute Gasteiger partial charge is 0.250 e. The van der Waals surface area contributed by atoms with E-state index in [1.807, 2.05) is 67.6 Å². The number of tetrazole rings is 1. The minimum absolute atomic E-state index is 0.00835. The minimum Gasteiger partial charge on any atom is -0.337 e. The molecule has 4 rings (SSSR count).